The predicted molar refractivity (Wildman–Crippen MR) is 76.6 cm³/mol. The Morgan fingerprint density at radius 3 is 2.74 bits per heavy atom. The summed E-state index contributed by atoms with van der Waals surface area (Å²) in [6, 6.07) is 16.0. The van der Waals surface area contributed by atoms with Crippen molar-refractivity contribution in [2.75, 3.05) is 6.61 Å². The number of fused-ring (bicyclic) bond motifs is 1. The molecule has 2 aromatic carbocycles. The van der Waals surface area contributed by atoms with Crippen molar-refractivity contribution in [3.8, 4) is 5.75 Å². The molecule has 1 aliphatic rings. The van der Waals surface area contributed by atoms with Gasteiger partial charge in [-0.3, -0.25) is 0 Å². The number of hydrogen-bond acceptors (Lipinski definition) is 4. The fourth-order valence-electron chi connectivity index (χ4n) is 1.83. The standard InChI is InChI=1S/C15H13NO2S/c1-11-6-8-12(9-7-11)19-18-16-14-10-17-15-5-3-2-4-13(14)15/h2-9H,10H2,1H3/b16-14+. The first-order valence-corrected chi connectivity index (χ1v) is 6.76. The van der Waals surface area contributed by atoms with Crippen LogP contribution in [0.1, 0.15) is 11.1 Å². The van der Waals surface area contributed by atoms with E-state index < -0.39 is 0 Å². The molecule has 96 valence electrons. The minimum absolute atomic E-state index is 0.466. The van der Waals surface area contributed by atoms with E-state index in [2.05, 4.69) is 12.1 Å². The van der Waals surface area contributed by atoms with Gasteiger partial charge in [0.1, 0.15) is 30.1 Å². The van der Waals surface area contributed by atoms with Crippen molar-refractivity contribution in [3.63, 3.8) is 0 Å². The molecule has 0 N–H and O–H groups in total. The number of para-hydroxylation sites is 1. The Morgan fingerprint density at radius 1 is 1.11 bits per heavy atom. The van der Waals surface area contributed by atoms with E-state index in [-0.39, 0.29) is 0 Å². The molecule has 0 bridgehead atoms. The summed E-state index contributed by atoms with van der Waals surface area (Å²) in [7, 11) is 0. The normalized spacial score (nSPS) is 15.1. The Morgan fingerprint density at radius 2 is 1.89 bits per heavy atom. The summed E-state index contributed by atoms with van der Waals surface area (Å²) in [6.07, 6.45) is 0. The molecule has 3 rings (SSSR count). The molecule has 0 unspecified atom stereocenters. The van der Waals surface area contributed by atoms with Crippen LogP contribution in [0.4, 0.5) is 0 Å². The van der Waals surface area contributed by atoms with Gasteiger partial charge in [0.05, 0.1) is 4.90 Å². The number of oxime groups is 1. The second-order valence-electron chi connectivity index (χ2n) is 4.29. The van der Waals surface area contributed by atoms with Crippen LogP contribution in [0.2, 0.25) is 0 Å². The third-order valence-corrected chi connectivity index (χ3v) is 3.48. The van der Waals surface area contributed by atoms with Crippen molar-refractivity contribution in [1.29, 1.82) is 0 Å². The summed E-state index contributed by atoms with van der Waals surface area (Å²) < 4.78 is 10.8. The van der Waals surface area contributed by atoms with Crippen molar-refractivity contribution in [3.05, 3.63) is 59.7 Å². The highest BCUT2D eigenvalue weighted by atomic mass is 32.2. The van der Waals surface area contributed by atoms with E-state index in [9.17, 15) is 0 Å². The SMILES string of the molecule is Cc1ccc(SO/N=C2\COc3ccccc32)cc1. The highest BCUT2D eigenvalue weighted by molar-refractivity contribution is 7.94. The summed E-state index contributed by atoms with van der Waals surface area (Å²) >= 11 is 1.25. The molecule has 4 heteroatoms. The average Bonchev–Trinajstić information content (AvgIpc) is 2.85. The van der Waals surface area contributed by atoms with Gasteiger partial charge >= 0.3 is 0 Å². The van der Waals surface area contributed by atoms with Crippen molar-refractivity contribution >= 4 is 17.8 Å². The van der Waals surface area contributed by atoms with Crippen LogP contribution in [0.25, 0.3) is 0 Å². The first-order chi connectivity index (χ1) is 9.33. The van der Waals surface area contributed by atoms with Crippen LogP contribution in [0.15, 0.2) is 58.6 Å². The molecule has 0 radical (unpaired) electrons. The summed E-state index contributed by atoms with van der Waals surface area (Å²) in [5, 5.41) is 4.14. The molecule has 0 saturated carbocycles. The van der Waals surface area contributed by atoms with Crippen LogP contribution < -0.4 is 4.74 Å². The first kappa shape index (κ1) is 12.1. The first-order valence-electron chi connectivity index (χ1n) is 6.02. The van der Waals surface area contributed by atoms with Gasteiger partial charge in [-0.25, -0.2) is 0 Å². The monoisotopic (exact) mass is 271 g/mol. The zero-order chi connectivity index (χ0) is 13.1. The topological polar surface area (TPSA) is 30.8 Å². The predicted octanol–water partition coefficient (Wildman–Crippen LogP) is 3.82. The van der Waals surface area contributed by atoms with E-state index in [0.717, 1.165) is 21.9 Å². The minimum atomic E-state index is 0.466. The molecule has 3 nitrogen and oxygen atoms in total. The van der Waals surface area contributed by atoms with Gasteiger partial charge in [0.15, 0.2) is 0 Å². The van der Waals surface area contributed by atoms with Gasteiger partial charge in [-0.1, -0.05) is 35.0 Å². The van der Waals surface area contributed by atoms with E-state index in [0.29, 0.717) is 6.61 Å². The maximum atomic E-state index is 5.51. The van der Waals surface area contributed by atoms with E-state index in [4.69, 9.17) is 9.02 Å². The fraction of sp³-hybridized carbons (Fsp3) is 0.133. The molecule has 0 amide bonds. The lowest BCUT2D eigenvalue weighted by molar-refractivity contribution is 0.375. The summed E-state index contributed by atoms with van der Waals surface area (Å²) in [5.74, 6) is 0.866. The Labute approximate surface area is 116 Å². The second kappa shape index (κ2) is 5.36. The van der Waals surface area contributed by atoms with Gasteiger partial charge in [0, 0.05) is 5.56 Å². The van der Waals surface area contributed by atoms with Crippen LogP contribution in [-0.4, -0.2) is 12.3 Å². The average molecular weight is 271 g/mol. The van der Waals surface area contributed by atoms with E-state index in [1.54, 1.807) is 0 Å². The van der Waals surface area contributed by atoms with Crippen LogP contribution in [-0.2, 0) is 4.28 Å². The molecule has 0 atom stereocenters. The molecule has 1 heterocycles. The Kier molecular flexibility index (Phi) is 3.42. The number of benzene rings is 2. The number of hydrogen-bond donors (Lipinski definition) is 0. The molecule has 0 spiro atoms. The number of rotatable bonds is 3. The number of ether oxygens (including phenoxy) is 1. The third kappa shape index (κ3) is 2.74. The van der Waals surface area contributed by atoms with Crippen molar-refractivity contribution in [2.24, 2.45) is 5.16 Å². The zero-order valence-electron chi connectivity index (χ0n) is 10.5. The highest BCUT2D eigenvalue weighted by Crippen LogP contribution is 2.26. The minimum Gasteiger partial charge on any atom is -0.486 e. The van der Waals surface area contributed by atoms with E-state index in [1.807, 2.05) is 48.5 Å². The molecular formula is C15H13NO2S. The lowest BCUT2D eigenvalue weighted by Crippen LogP contribution is -2.02. The Bertz CT molecular complexity index is 608. The van der Waals surface area contributed by atoms with Crippen LogP contribution >= 0.6 is 12.0 Å². The molecule has 1 aliphatic heterocycles. The lowest BCUT2D eigenvalue weighted by Gasteiger charge is -1.99. The van der Waals surface area contributed by atoms with Gasteiger partial charge < -0.3 is 9.02 Å². The number of nitrogens with zero attached hydrogens (tertiary/aromatic N) is 1. The highest BCUT2D eigenvalue weighted by Gasteiger charge is 2.18. The van der Waals surface area contributed by atoms with Crippen molar-refractivity contribution in [2.45, 2.75) is 11.8 Å². The van der Waals surface area contributed by atoms with Crippen LogP contribution in [0, 0.1) is 6.92 Å². The Balaban J connectivity index is 1.66. The lowest BCUT2D eigenvalue weighted by atomic mass is 10.1. The van der Waals surface area contributed by atoms with Gasteiger partial charge in [-0.15, -0.1) is 0 Å². The van der Waals surface area contributed by atoms with Crippen LogP contribution in [0.5, 0.6) is 5.75 Å². The largest absolute Gasteiger partial charge is 0.486 e. The fourth-order valence-corrected chi connectivity index (χ4v) is 2.29. The smallest absolute Gasteiger partial charge is 0.134 e. The number of aryl methyl sites for hydroxylation is 1. The maximum Gasteiger partial charge on any atom is 0.134 e. The molecule has 0 saturated heterocycles. The van der Waals surface area contributed by atoms with E-state index >= 15 is 0 Å². The quantitative estimate of drug-likeness (QED) is 0.628. The molecule has 0 aliphatic carbocycles. The van der Waals surface area contributed by atoms with Gasteiger partial charge in [0.25, 0.3) is 0 Å². The summed E-state index contributed by atoms with van der Waals surface area (Å²) in [4.78, 5) is 1.03. The van der Waals surface area contributed by atoms with Gasteiger partial charge in [-0.2, -0.15) is 0 Å². The Hall–Kier alpha value is -1.94. The van der Waals surface area contributed by atoms with E-state index in [1.165, 1.54) is 17.6 Å². The van der Waals surface area contributed by atoms with Crippen LogP contribution in [0.3, 0.4) is 0 Å². The van der Waals surface area contributed by atoms with Gasteiger partial charge in [-0.05, 0) is 31.2 Å². The zero-order valence-corrected chi connectivity index (χ0v) is 11.3. The van der Waals surface area contributed by atoms with Crippen molar-refractivity contribution in [1.82, 2.24) is 0 Å². The summed E-state index contributed by atoms with van der Waals surface area (Å²) in [5.41, 5.74) is 3.07. The van der Waals surface area contributed by atoms with Crippen molar-refractivity contribution < 1.29 is 9.02 Å². The molecular weight excluding hydrogens is 258 g/mol. The van der Waals surface area contributed by atoms with Gasteiger partial charge in [0.2, 0.25) is 0 Å². The maximum absolute atomic E-state index is 5.51. The summed E-state index contributed by atoms with van der Waals surface area (Å²) in [6.45, 7) is 2.52. The third-order valence-electron chi connectivity index (χ3n) is 2.86. The molecule has 0 aromatic heterocycles. The molecule has 19 heavy (non-hydrogen) atoms. The molecule has 2 aromatic rings. The second-order valence-corrected chi connectivity index (χ2v) is 5.08. The molecule has 0 fully saturated rings.